The molecule has 0 aromatic heterocycles. The van der Waals surface area contributed by atoms with Crippen molar-refractivity contribution in [2.24, 2.45) is 5.84 Å². The van der Waals surface area contributed by atoms with Crippen molar-refractivity contribution in [2.75, 3.05) is 4.41 Å². The first kappa shape index (κ1) is 14.6. The van der Waals surface area contributed by atoms with E-state index in [9.17, 15) is 8.42 Å². The maximum Gasteiger partial charge on any atom is 0.277 e. The molecule has 0 saturated heterocycles. The molecule has 3 aromatic rings. The van der Waals surface area contributed by atoms with E-state index < -0.39 is 10.0 Å². The summed E-state index contributed by atoms with van der Waals surface area (Å²) in [6.07, 6.45) is 0. The molecule has 0 aliphatic rings. The van der Waals surface area contributed by atoms with Crippen LogP contribution in [0.1, 0.15) is 5.56 Å². The second-order valence-electron chi connectivity index (χ2n) is 5.15. The lowest BCUT2D eigenvalue weighted by Crippen LogP contribution is -2.37. The monoisotopic (exact) mass is 312 g/mol. The fourth-order valence-electron chi connectivity index (χ4n) is 2.28. The number of sulfonamides is 1. The Labute approximate surface area is 129 Å². The molecule has 0 amide bonds. The van der Waals surface area contributed by atoms with E-state index in [1.54, 1.807) is 36.4 Å². The lowest BCUT2D eigenvalue weighted by Gasteiger charge is -2.19. The minimum Gasteiger partial charge on any atom is -0.233 e. The molecule has 5 heteroatoms. The summed E-state index contributed by atoms with van der Waals surface area (Å²) in [6, 6.07) is 19.7. The van der Waals surface area contributed by atoms with Crippen LogP contribution in [0.2, 0.25) is 0 Å². The van der Waals surface area contributed by atoms with Crippen molar-refractivity contribution < 1.29 is 8.42 Å². The van der Waals surface area contributed by atoms with Crippen LogP contribution in [0, 0.1) is 6.92 Å². The zero-order valence-electron chi connectivity index (χ0n) is 12.1. The Hall–Kier alpha value is -2.37. The highest BCUT2D eigenvalue weighted by molar-refractivity contribution is 7.92. The number of nitrogens with zero attached hydrogens (tertiary/aromatic N) is 1. The predicted molar refractivity (Wildman–Crippen MR) is 89.0 cm³/mol. The Bertz CT molecular complexity index is 919. The van der Waals surface area contributed by atoms with Crippen molar-refractivity contribution in [3.63, 3.8) is 0 Å². The Morgan fingerprint density at radius 1 is 0.864 bits per heavy atom. The van der Waals surface area contributed by atoms with Crippen molar-refractivity contribution in [2.45, 2.75) is 11.8 Å². The van der Waals surface area contributed by atoms with Gasteiger partial charge in [-0.05, 0) is 42.0 Å². The minimum atomic E-state index is -3.77. The number of hydrazine groups is 1. The number of nitrogens with two attached hydrogens (primary N) is 1. The number of rotatable bonds is 3. The number of benzene rings is 3. The highest BCUT2D eigenvalue weighted by Crippen LogP contribution is 2.24. The van der Waals surface area contributed by atoms with Gasteiger partial charge in [0.2, 0.25) is 0 Å². The molecular weight excluding hydrogens is 296 g/mol. The molecule has 0 aliphatic heterocycles. The maximum atomic E-state index is 12.6. The van der Waals surface area contributed by atoms with Crippen molar-refractivity contribution in [3.05, 3.63) is 72.3 Å². The van der Waals surface area contributed by atoms with Crippen LogP contribution in [0.25, 0.3) is 10.8 Å². The quantitative estimate of drug-likeness (QED) is 0.596. The van der Waals surface area contributed by atoms with Crippen LogP contribution in [-0.4, -0.2) is 8.42 Å². The van der Waals surface area contributed by atoms with Crippen LogP contribution in [0.5, 0.6) is 0 Å². The van der Waals surface area contributed by atoms with Crippen molar-refractivity contribution in [3.8, 4) is 0 Å². The summed E-state index contributed by atoms with van der Waals surface area (Å²) in [7, 11) is -3.77. The van der Waals surface area contributed by atoms with Crippen molar-refractivity contribution >= 4 is 26.5 Å². The van der Waals surface area contributed by atoms with Crippen LogP contribution in [0.15, 0.2) is 71.6 Å². The van der Waals surface area contributed by atoms with Gasteiger partial charge in [-0.3, -0.25) is 0 Å². The first-order valence-electron chi connectivity index (χ1n) is 6.84. The van der Waals surface area contributed by atoms with E-state index in [4.69, 9.17) is 5.84 Å². The van der Waals surface area contributed by atoms with Gasteiger partial charge in [-0.1, -0.05) is 48.0 Å². The SMILES string of the molecule is Cc1ccc(S(=O)(=O)N(N)c2ccc3ccccc3c2)cc1. The van der Waals surface area contributed by atoms with Gasteiger partial charge in [0.25, 0.3) is 10.0 Å². The Kier molecular flexibility index (Phi) is 3.60. The van der Waals surface area contributed by atoms with E-state index in [0.29, 0.717) is 5.69 Å². The number of aryl methyl sites for hydroxylation is 1. The van der Waals surface area contributed by atoms with Gasteiger partial charge in [-0.2, -0.15) is 8.42 Å². The fraction of sp³-hybridized carbons (Fsp3) is 0.0588. The molecule has 22 heavy (non-hydrogen) atoms. The summed E-state index contributed by atoms with van der Waals surface area (Å²) in [6.45, 7) is 1.90. The molecule has 0 saturated carbocycles. The van der Waals surface area contributed by atoms with Gasteiger partial charge in [0.1, 0.15) is 0 Å². The van der Waals surface area contributed by atoms with Gasteiger partial charge in [0.05, 0.1) is 10.6 Å². The molecular formula is C17H16N2O2S. The highest BCUT2D eigenvalue weighted by atomic mass is 32.2. The van der Waals surface area contributed by atoms with E-state index in [1.165, 1.54) is 0 Å². The smallest absolute Gasteiger partial charge is 0.233 e. The highest BCUT2D eigenvalue weighted by Gasteiger charge is 2.22. The Morgan fingerprint density at radius 3 is 2.18 bits per heavy atom. The molecule has 0 aliphatic carbocycles. The second kappa shape index (κ2) is 5.44. The molecule has 0 heterocycles. The normalized spacial score (nSPS) is 11.5. The van der Waals surface area contributed by atoms with Crippen LogP contribution >= 0.6 is 0 Å². The molecule has 0 fully saturated rings. The maximum absolute atomic E-state index is 12.6. The molecule has 2 N–H and O–H groups in total. The molecule has 0 bridgehead atoms. The Morgan fingerprint density at radius 2 is 1.50 bits per heavy atom. The van der Waals surface area contributed by atoms with E-state index >= 15 is 0 Å². The summed E-state index contributed by atoms with van der Waals surface area (Å²) in [5.74, 6) is 5.88. The van der Waals surface area contributed by atoms with Gasteiger partial charge in [-0.15, -0.1) is 0 Å². The van der Waals surface area contributed by atoms with E-state index in [2.05, 4.69) is 0 Å². The number of hydrogen-bond acceptors (Lipinski definition) is 3. The lowest BCUT2D eigenvalue weighted by molar-refractivity contribution is 0.592. The zero-order valence-corrected chi connectivity index (χ0v) is 12.9. The third kappa shape index (κ3) is 2.56. The summed E-state index contributed by atoms with van der Waals surface area (Å²) in [5.41, 5.74) is 1.42. The van der Waals surface area contributed by atoms with Gasteiger partial charge in [0, 0.05) is 0 Å². The van der Waals surface area contributed by atoms with Gasteiger partial charge in [0.15, 0.2) is 0 Å². The summed E-state index contributed by atoms with van der Waals surface area (Å²) in [4.78, 5) is 0.175. The van der Waals surface area contributed by atoms with E-state index in [0.717, 1.165) is 20.8 Å². The summed E-state index contributed by atoms with van der Waals surface area (Å²) < 4.78 is 26.0. The molecule has 0 spiro atoms. The van der Waals surface area contributed by atoms with Crippen LogP contribution in [-0.2, 0) is 10.0 Å². The van der Waals surface area contributed by atoms with Crippen molar-refractivity contribution in [1.82, 2.24) is 0 Å². The number of hydrogen-bond donors (Lipinski definition) is 1. The fourth-order valence-corrected chi connectivity index (χ4v) is 3.37. The molecule has 112 valence electrons. The third-order valence-electron chi connectivity index (χ3n) is 3.57. The second-order valence-corrected chi connectivity index (χ2v) is 6.96. The Balaban J connectivity index is 2.03. The number of anilines is 1. The average Bonchev–Trinajstić information content (AvgIpc) is 2.54. The minimum absolute atomic E-state index is 0.175. The van der Waals surface area contributed by atoms with Crippen LogP contribution in [0.4, 0.5) is 5.69 Å². The van der Waals surface area contributed by atoms with Gasteiger partial charge >= 0.3 is 0 Å². The zero-order chi connectivity index (χ0) is 15.7. The molecule has 0 atom stereocenters. The lowest BCUT2D eigenvalue weighted by atomic mass is 10.1. The van der Waals surface area contributed by atoms with Crippen LogP contribution < -0.4 is 10.3 Å². The first-order valence-corrected chi connectivity index (χ1v) is 8.28. The molecule has 4 nitrogen and oxygen atoms in total. The van der Waals surface area contributed by atoms with Gasteiger partial charge < -0.3 is 0 Å². The topological polar surface area (TPSA) is 63.4 Å². The summed E-state index contributed by atoms with van der Waals surface area (Å²) in [5, 5.41) is 1.97. The van der Waals surface area contributed by atoms with E-state index in [1.807, 2.05) is 37.3 Å². The van der Waals surface area contributed by atoms with Crippen molar-refractivity contribution in [1.29, 1.82) is 0 Å². The first-order chi connectivity index (χ1) is 10.5. The standard InChI is InChI=1S/C17H16N2O2S/c1-13-6-10-17(11-7-13)22(20,21)19(18)16-9-8-14-4-2-3-5-15(14)12-16/h2-12H,18H2,1H3. The number of fused-ring (bicyclic) bond motifs is 1. The molecule has 0 unspecified atom stereocenters. The molecule has 0 radical (unpaired) electrons. The molecule has 3 rings (SSSR count). The van der Waals surface area contributed by atoms with E-state index in [-0.39, 0.29) is 4.90 Å². The third-order valence-corrected chi connectivity index (χ3v) is 5.16. The summed E-state index contributed by atoms with van der Waals surface area (Å²) >= 11 is 0. The van der Waals surface area contributed by atoms with Crippen LogP contribution in [0.3, 0.4) is 0 Å². The largest absolute Gasteiger partial charge is 0.277 e. The molecule has 3 aromatic carbocycles. The average molecular weight is 312 g/mol. The predicted octanol–water partition coefficient (Wildman–Crippen LogP) is 3.22. The van der Waals surface area contributed by atoms with Gasteiger partial charge in [-0.25, -0.2) is 10.3 Å².